The van der Waals surface area contributed by atoms with E-state index in [0.29, 0.717) is 29.5 Å². The fourth-order valence-electron chi connectivity index (χ4n) is 1.89. The SMILES string of the molecule is COc1ccc(/C=C/C(=O)NCCOc2ccc(Cl)cc2)cc1F. The highest BCUT2D eigenvalue weighted by Crippen LogP contribution is 2.18. The van der Waals surface area contributed by atoms with Crippen molar-refractivity contribution < 1.29 is 18.7 Å². The summed E-state index contributed by atoms with van der Waals surface area (Å²) >= 11 is 5.78. The number of nitrogens with one attached hydrogen (secondary N) is 1. The minimum Gasteiger partial charge on any atom is -0.494 e. The van der Waals surface area contributed by atoms with E-state index in [1.807, 2.05) is 0 Å². The molecule has 2 aromatic rings. The molecule has 126 valence electrons. The second-order valence-corrected chi connectivity index (χ2v) is 5.26. The van der Waals surface area contributed by atoms with Crippen molar-refractivity contribution in [3.8, 4) is 11.5 Å². The number of carbonyl (C=O) groups is 1. The van der Waals surface area contributed by atoms with Crippen molar-refractivity contribution in [1.29, 1.82) is 0 Å². The molecule has 0 bridgehead atoms. The molecule has 6 heteroatoms. The molecule has 0 saturated carbocycles. The van der Waals surface area contributed by atoms with Gasteiger partial charge in [0.2, 0.25) is 5.91 Å². The van der Waals surface area contributed by atoms with Crippen LogP contribution in [-0.4, -0.2) is 26.2 Å². The molecule has 0 aliphatic rings. The Labute approximate surface area is 144 Å². The molecule has 2 aromatic carbocycles. The predicted octanol–water partition coefficient (Wildman–Crippen LogP) is 3.70. The highest BCUT2D eigenvalue weighted by molar-refractivity contribution is 6.30. The zero-order chi connectivity index (χ0) is 17.4. The molecular formula is C18H17ClFNO3. The topological polar surface area (TPSA) is 47.6 Å². The van der Waals surface area contributed by atoms with Gasteiger partial charge in [0.05, 0.1) is 13.7 Å². The first kappa shape index (κ1) is 17.8. The van der Waals surface area contributed by atoms with Crippen LogP contribution in [0.4, 0.5) is 4.39 Å². The monoisotopic (exact) mass is 349 g/mol. The zero-order valence-electron chi connectivity index (χ0n) is 13.1. The third-order valence-electron chi connectivity index (χ3n) is 3.09. The van der Waals surface area contributed by atoms with Crippen molar-refractivity contribution in [2.75, 3.05) is 20.3 Å². The molecule has 0 aromatic heterocycles. The number of halogens is 2. The van der Waals surface area contributed by atoms with E-state index in [2.05, 4.69) is 5.32 Å². The fourth-order valence-corrected chi connectivity index (χ4v) is 2.02. The van der Waals surface area contributed by atoms with Gasteiger partial charge in [-0.15, -0.1) is 0 Å². The van der Waals surface area contributed by atoms with Crippen LogP contribution in [0.15, 0.2) is 48.5 Å². The number of ether oxygens (including phenoxy) is 2. The summed E-state index contributed by atoms with van der Waals surface area (Å²) in [5, 5.41) is 3.31. The standard InChI is InChI=1S/C18H17ClFNO3/c1-23-17-8-2-13(12-16(17)20)3-9-18(22)21-10-11-24-15-6-4-14(19)5-7-15/h2-9,12H,10-11H2,1H3,(H,21,22)/b9-3+. The molecule has 0 atom stereocenters. The van der Waals surface area contributed by atoms with Gasteiger partial charge in [0, 0.05) is 11.1 Å². The molecular weight excluding hydrogens is 333 g/mol. The van der Waals surface area contributed by atoms with Gasteiger partial charge in [-0.05, 0) is 48.0 Å². The first-order valence-electron chi connectivity index (χ1n) is 7.26. The lowest BCUT2D eigenvalue weighted by atomic mass is 10.2. The molecule has 4 nitrogen and oxygen atoms in total. The van der Waals surface area contributed by atoms with Crippen molar-refractivity contribution >= 4 is 23.6 Å². The average molecular weight is 350 g/mol. The van der Waals surface area contributed by atoms with E-state index in [-0.39, 0.29) is 11.7 Å². The molecule has 2 rings (SSSR count). The van der Waals surface area contributed by atoms with Gasteiger partial charge < -0.3 is 14.8 Å². The summed E-state index contributed by atoms with van der Waals surface area (Å²) in [5.74, 6) is 0.0798. The van der Waals surface area contributed by atoms with Gasteiger partial charge >= 0.3 is 0 Å². The summed E-state index contributed by atoms with van der Waals surface area (Å²) < 4.78 is 23.8. The van der Waals surface area contributed by atoms with Gasteiger partial charge in [-0.3, -0.25) is 4.79 Å². The quantitative estimate of drug-likeness (QED) is 0.612. The lowest BCUT2D eigenvalue weighted by Crippen LogP contribution is -2.26. The molecule has 0 aliphatic heterocycles. The van der Waals surface area contributed by atoms with E-state index in [9.17, 15) is 9.18 Å². The summed E-state index contributed by atoms with van der Waals surface area (Å²) in [7, 11) is 1.40. The largest absolute Gasteiger partial charge is 0.494 e. The fraction of sp³-hybridized carbons (Fsp3) is 0.167. The van der Waals surface area contributed by atoms with Crippen molar-refractivity contribution in [3.63, 3.8) is 0 Å². The van der Waals surface area contributed by atoms with Crippen molar-refractivity contribution in [2.24, 2.45) is 0 Å². The Morgan fingerprint density at radius 2 is 2.00 bits per heavy atom. The Balaban J connectivity index is 1.74. The normalized spacial score (nSPS) is 10.6. The lowest BCUT2D eigenvalue weighted by molar-refractivity contribution is -0.116. The maximum absolute atomic E-state index is 13.5. The molecule has 0 saturated heterocycles. The number of methoxy groups -OCH3 is 1. The molecule has 1 amide bonds. The minimum atomic E-state index is -0.476. The van der Waals surface area contributed by atoms with Crippen LogP contribution in [0, 0.1) is 5.82 Å². The van der Waals surface area contributed by atoms with Crippen LogP contribution < -0.4 is 14.8 Å². The van der Waals surface area contributed by atoms with E-state index in [0.717, 1.165) is 0 Å². The second-order valence-electron chi connectivity index (χ2n) is 4.82. The Morgan fingerprint density at radius 3 is 2.67 bits per heavy atom. The zero-order valence-corrected chi connectivity index (χ0v) is 13.8. The summed E-state index contributed by atoms with van der Waals surface area (Å²) in [5.41, 5.74) is 0.570. The van der Waals surface area contributed by atoms with Gasteiger partial charge in [-0.1, -0.05) is 17.7 Å². The van der Waals surface area contributed by atoms with Gasteiger partial charge in [-0.25, -0.2) is 4.39 Å². The van der Waals surface area contributed by atoms with Crippen molar-refractivity contribution in [1.82, 2.24) is 5.32 Å². The maximum Gasteiger partial charge on any atom is 0.244 e. The Kier molecular flexibility index (Phi) is 6.63. The van der Waals surface area contributed by atoms with Gasteiger partial charge in [0.15, 0.2) is 11.6 Å². The van der Waals surface area contributed by atoms with Crippen LogP contribution in [0.3, 0.4) is 0 Å². The number of hydrogen-bond donors (Lipinski definition) is 1. The van der Waals surface area contributed by atoms with Crippen LogP contribution in [0.1, 0.15) is 5.56 Å². The Morgan fingerprint density at radius 1 is 1.25 bits per heavy atom. The van der Waals surface area contributed by atoms with E-state index in [1.54, 1.807) is 30.3 Å². The number of amides is 1. The molecule has 0 unspecified atom stereocenters. The molecule has 24 heavy (non-hydrogen) atoms. The van der Waals surface area contributed by atoms with Crippen molar-refractivity contribution in [2.45, 2.75) is 0 Å². The maximum atomic E-state index is 13.5. The van der Waals surface area contributed by atoms with Gasteiger partial charge in [0.1, 0.15) is 12.4 Å². The highest BCUT2D eigenvalue weighted by atomic mass is 35.5. The molecule has 0 fully saturated rings. The molecule has 1 N–H and O–H groups in total. The van der Waals surface area contributed by atoms with E-state index in [4.69, 9.17) is 21.1 Å². The number of carbonyl (C=O) groups excluding carboxylic acids is 1. The highest BCUT2D eigenvalue weighted by Gasteiger charge is 2.02. The Hall–Kier alpha value is -2.53. The third kappa shape index (κ3) is 5.59. The van der Waals surface area contributed by atoms with E-state index in [1.165, 1.54) is 31.4 Å². The molecule has 0 spiro atoms. The summed E-state index contributed by atoms with van der Waals surface area (Å²) in [6.45, 7) is 0.682. The van der Waals surface area contributed by atoms with Gasteiger partial charge in [-0.2, -0.15) is 0 Å². The van der Waals surface area contributed by atoms with E-state index < -0.39 is 5.82 Å². The summed E-state index contributed by atoms with van der Waals surface area (Å²) in [6.07, 6.45) is 2.86. The van der Waals surface area contributed by atoms with Crippen LogP contribution >= 0.6 is 11.6 Å². The summed E-state index contributed by atoms with van der Waals surface area (Å²) in [6, 6.07) is 11.4. The smallest absolute Gasteiger partial charge is 0.244 e. The first-order chi connectivity index (χ1) is 11.6. The first-order valence-corrected chi connectivity index (χ1v) is 7.64. The van der Waals surface area contributed by atoms with Crippen LogP contribution in [0.25, 0.3) is 6.08 Å². The third-order valence-corrected chi connectivity index (χ3v) is 3.34. The minimum absolute atomic E-state index is 0.163. The average Bonchev–Trinajstić information content (AvgIpc) is 2.58. The Bertz CT molecular complexity index is 717. The predicted molar refractivity (Wildman–Crippen MR) is 91.9 cm³/mol. The molecule has 0 heterocycles. The number of benzene rings is 2. The number of hydrogen-bond acceptors (Lipinski definition) is 3. The summed E-state index contributed by atoms with van der Waals surface area (Å²) in [4.78, 5) is 11.7. The van der Waals surface area contributed by atoms with Crippen LogP contribution in [0.2, 0.25) is 5.02 Å². The number of rotatable bonds is 7. The lowest BCUT2D eigenvalue weighted by Gasteiger charge is -2.06. The van der Waals surface area contributed by atoms with Crippen LogP contribution in [0.5, 0.6) is 11.5 Å². The molecule has 0 aliphatic carbocycles. The van der Waals surface area contributed by atoms with E-state index >= 15 is 0 Å². The van der Waals surface area contributed by atoms with Gasteiger partial charge in [0.25, 0.3) is 0 Å². The molecule has 0 radical (unpaired) electrons. The van der Waals surface area contributed by atoms with Crippen molar-refractivity contribution in [3.05, 3.63) is 64.9 Å². The second kappa shape index (κ2) is 8.93. The van der Waals surface area contributed by atoms with Crippen LogP contribution in [-0.2, 0) is 4.79 Å².